The maximum atomic E-state index is 11.0. The molecule has 82 valence electrons. The van der Waals surface area contributed by atoms with Crippen molar-refractivity contribution >= 4 is 5.97 Å². The molecule has 1 aromatic rings. The second-order valence-electron chi connectivity index (χ2n) is 3.42. The van der Waals surface area contributed by atoms with Gasteiger partial charge in [-0.3, -0.25) is 0 Å². The summed E-state index contributed by atoms with van der Waals surface area (Å²) >= 11 is 0. The van der Waals surface area contributed by atoms with Gasteiger partial charge in [-0.25, -0.2) is 4.79 Å². The average molecular weight is 210 g/mol. The molecule has 0 saturated heterocycles. The number of ether oxygens (including phenoxy) is 1. The van der Waals surface area contributed by atoms with Gasteiger partial charge in [0, 0.05) is 13.0 Å². The van der Waals surface area contributed by atoms with Gasteiger partial charge in [0.1, 0.15) is 5.75 Å². The van der Waals surface area contributed by atoms with Crippen LogP contribution in [0.2, 0.25) is 0 Å². The number of aliphatic hydroxyl groups excluding tert-OH is 1. The Morgan fingerprint density at radius 3 is 2.47 bits per heavy atom. The van der Waals surface area contributed by atoms with Crippen LogP contribution in [0.3, 0.4) is 0 Å². The molecule has 1 rings (SSSR count). The lowest BCUT2D eigenvalue weighted by molar-refractivity contribution is -0.155. The van der Waals surface area contributed by atoms with E-state index in [1.54, 1.807) is 24.3 Å². The van der Waals surface area contributed by atoms with Crippen molar-refractivity contribution in [1.82, 2.24) is 0 Å². The van der Waals surface area contributed by atoms with Crippen LogP contribution < -0.4 is 4.74 Å². The summed E-state index contributed by atoms with van der Waals surface area (Å²) in [7, 11) is 0. The van der Waals surface area contributed by atoms with E-state index in [0.717, 1.165) is 0 Å². The fourth-order valence-electron chi connectivity index (χ4n) is 1.16. The third kappa shape index (κ3) is 2.95. The zero-order chi connectivity index (χ0) is 11.3. The number of carbonyl (C=O) groups is 1. The molecule has 1 atom stereocenters. The third-order valence-electron chi connectivity index (χ3n) is 2.13. The summed E-state index contributed by atoms with van der Waals surface area (Å²) in [6, 6.07) is 8.70. The summed E-state index contributed by atoms with van der Waals surface area (Å²) in [4.78, 5) is 11.0. The van der Waals surface area contributed by atoms with E-state index in [1.807, 2.05) is 6.07 Å². The Morgan fingerprint density at radius 2 is 2.00 bits per heavy atom. The molecule has 0 radical (unpaired) electrons. The van der Waals surface area contributed by atoms with Crippen molar-refractivity contribution in [2.24, 2.45) is 0 Å². The Hall–Kier alpha value is -1.55. The highest BCUT2D eigenvalue weighted by atomic mass is 16.5. The number of hydrogen-bond donors (Lipinski definition) is 2. The molecule has 15 heavy (non-hydrogen) atoms. The molecule has 0 fully saturated rings. The van der Waals surface area contributed by atoms with Gasteiger partial charge in [-0.1, -0.05) is 18.2 Å². The minimum Gasteiger partial charge on any atom is -0.478 e. The molecule has 4 nitrogen and oxygen atoms in total. The second-order valence-corrected chi connectivity index (χ2v) is 3.42. The van der Waals surface area contributed by atoms with Crippen molar-refractivity contribution in [3.63, 3.8) is 0 Å². The summed E-state index contributed by atoms with van der Waals surface area (Å²) < 4.78 is 5.34. The van der Waals surface area contributed by atoms with Gasteiger partial charge in [0.25, 0.3) is 0 Å². The largest absolute Gasteiger partial charge is 0.478 e. The lowest BCUT2D eigenvalue weighted by Gasteiger charge is -2.25. The first kappa shape index (κ1) is 11.5. The van der Waals surface area contributed by atoms with Gasteiger partial charge in [0.15, 0.2) is 0 Å². The van der Waals surface area contributed by atoms with Gasteiger partial charge in [-0.05, 0) is 19.1 Å². The van der Waals surface area contributed by atoms with Crippen molar-refractivity contribution in [2.45, 2.75) is 18.9 Å². The van der Waals surface area contributed by atoms with Gasteiger partial charge in [-0.15, -0.1) is 0 Å². The van der Waals surface area contributed by atoms with E-state index >= 15 is 0 Å². The molecule has 1 aromatic carbocycles. The summed E-state index contributed by atoms with van der Waals surface area (Å²) in [5, 5.41) is 17.8. The molecule has 1 unspecified atom stereocenters. The van der Waals surface area contributed by atoms with Crippen LogP contribution in [0.4, 0.5) is 0 Å². The highest BCUT2D eigenvalue weighted by Crippen LogP contribution is 2.21. The van der Waals surface area contributed by atoms with Crippen LogP contribution in [0.1, 0.15) is 13.3 Å². The Bertz CT molecular complexity index is 323. The number of para-hydroxylation sites is 1. The monoisotopic (exact) mass is 210 g/mol. The van der Waals surface area contributed by atoms with Crippen molar-refractivity contribution < 1.29 is 19.7 Å². The van der Waals surface area contributed by atoms with Crippen LogP contribution >= 0.6 is 0 Å². The normalized spacial score (nSPS) is 14.3. The van der Waals surface area contributed by atoms with E-state index in [-0.39, 0.29) is 13.0 Å². The van der Waals surface area contributed by atoms with Gasteiger partial charge in [0.2, 0.25) is 5.60 Å². The zero-order valence-electron chi connectivity index (χ0n) is 8.51. The summed E-state index contributed by atoms with van der Waals surface area (Å²) in [5.41, 5.74) is -1.38. The number of aliphatic hydroxyl groups is 1. The van der Waals surface area contributed by atoms with E-state index in [1.165, 1.54) is 6.92 Å². The fraction of sp³-hybridized carbons (Fsp3) is 0.364. The quantitative estimate of drug-likeness (QED) is 0.768. The predicted molar refractivity (Wildman–Crippen MR) is 54.8 cm³/mol. The number of hydrogen-bond acceptors (Lipinski definition) is 3. The average Bonchev–Trinajstić information content (AvgIpc) is 2.19. The molecule has 4 heteroatoms. The van der Waals surface area contributed by atoms with Crippen LogP contribution in [0.15, 0.2) is 30.3 Å². The fourth-order valence-corrected chi connectivity index (χ4v) is 1.16. The number of benzene rings is 1. The summed E-state index contributed by atoms with van der Waals surface area (Å²) in [5.74, 6) is -0.601. The first-order valence-electron chi connectivity index (χ1n) is 4.67. The Morgan fingerprint density at radius 1 is 1.40 bits per heavy atom. The molecule has 0 saturated carbocycles. The Balaban J connectivity index is 2.80. The molecule has 0 aliphatic carbocycles. The van der Waals surface area contributed by atoms with E-state index in [9.17, 15) is 4.79 Å². The summed E-state index contributed by atoms with van der Waals surface area (Å²) in [6.45, 7) is 1.22. The Kier molecular flexibility index (Phi) is 3.68. The van der Waals surface area contributed by atoms with Gasteiger partial charge < -0.3 is 14.9 Å². The topological polar surface area (TPSA) is 66.8 Å². The SMILES string of the molecule is CC(CCO)(Oc1ccccc1)C(=O)O. The maximum absolute atomic E-state index is 11.0. The molecule has 0 amide bonds. The van der Waals surface area contributed by atoms with Crippen molar-refractivity contribution in [3.05, 3.63) is 30.3 Å². The number of carboxylic acids is 1. The molecule has 0 aliphatic rings. The first-order chi connectivity index (χ1) is 7.08. The number of carboxylic acid groups (broad SMARTS) is 1. The van der Waals surface area contributed by atoms with Gasteiger partial charge >= 0.3 is 5.97 Å². The highest BCUT2D eigenvalue weighted by Gasteiger charge is 2.34. The number of rotatable bonds is 5. The standard InChI is InChI=1S/C11H14O4/c1-11(7-8-12,10(13)14)15-9-5-3-2-4-6-9/h2-6,12H,7-8H2,1H3,(H,13,14). The Labute approximate surface area is 88.1 Å². The maximum Gasteiger partial charge on any atom is 0.347 e. The molecule has 0 bridgehead atoms. The van der Waals surface area contributed by atoms with Crippen molar-refractivity contribution in [2.75, 3.05) is 6.61 Å². The molecular weight excluding hydrogens is 196 g/mol. The smallest absolute Gasteiger partial charge is 0.347 e. The number of aliphatic carboxylic acids is 1. The molecule has 0 spiro atoms. The minimum absolute atomic E-state index is 0.0528. The van der Waals surface area contributed by atoms with Gasteiger partial charge in [-0.2, -0.15) is 0 Å². The van der Waals surface area contributed by atoms with Crippen molar-refractivity contribution in [1.29, 1.82) is 0 Å². The molecular formula is C11H14O4. The van der Waals surface area contributed by atoms with Crippen LogP contribution in [0.25, 0.3) is 0 Å². The molecule has 0 aromatic heterocycles. The van der Waals surface area contributed by atoms with Gasteiger partial charge in [0.05, 0.1) is 0 Å². The summed E-state index contributed by atoms with van der Waals surface area (Å²) in [6.07, 6.45) is 0.0528. The third-order valence-corrected chi connectivity index (χ3v) is 2.13. The van der Waals surface area contributed by atoms with E-state index in [0.29, 0.717) is 5.75 Å². The van der Waals surface area contributed by atoms with Crippen LogP contribution in [0.5, 0.6) is 5.75 Å². The molecule has 0 aliphatic heterocycles. The lowest BCUT2D eigenvalue weighted by atomic mass is 10.0. The predicted octanol–water partition coefficient (Wildman–Crippen LogP) is 1.29. The first-order valence-corrected chi connectivity index (χ1v) is 4.67. The minimum atomic E-state index is -1.38. The second kappa shape index (κ2) is 4.79. The van der Waals surface area contributed by atoms with Crippen LogP contribution in [-0.2, 0) is 4.79 Å². The van der Waals surface area contributed by atoms with Crippen LogP contribution in [0, 0.1) is 0 Å². The zero-order valence-corrected chi connectivity index (χ0v) is 8.51. The van der Waals surface area contributed by atoms with E-state index in [4.69, 9.17) is 14.9 Å². The van der Waals surface area contributed by atoms with Crippen LogP contribution in [-0.4, -0.2) is 28.4 Å². The highest BCUT2D eigenvalue weighted by molar-refractivity contribution is 5.77. The van der Waals surface area contributed by atoms with Crippen molar-refractivity contribution in [3.8, 4) is 5.75 Å². The molecule has 0 heterocycles. The lowest BCUT2D eigenvalue weighted by Crippen LogP contribution is -2.42. The molecule has 2 N–H and O–H groups in total. The van der Waals surface area contributed by atoms with E-state index < -0.39 is 11.6 Å². The van der Waals surface area contributed by atoms with E-state index in [2.05, 4.69) is 0 Å².